The van der Waals surface area contributed by atoms with Gasteiger partial charge < -0.3 is 19.3 Å². The molecular formula is C30H39N6O6P. The summed E-state index contributed by atoms with van der Waals surface area (Å²) >= 11 is 0. The number of fused-ring (bicyclic) bond motifs is 2. The first kappa shape index (κ1) is 30.9. The summed E-state index contributed by atoms with van der Waals surface area (Å²) < 4.78 is 40.0. The number of ether oxygens (including phenoxy) is 2. The summed E-state index contributed by atoms with van der Waals surface area (Å²) in [5.41, 5.74) is 1.07. The largest absolute Gasteiger partial charge is 0.464 e. The van der Waals surface area contributed by atoms with Crippen LogP contribution >= 0.6 is 7.75 Å². The molecule has 4 aromatic rings. The van der Waals surface area contributed by atoms with Gasteiger partial charge in [-0.2, -0.15) is 5.09 Å². The third kappa shape index (κ3) is 7.15. The fourth-order valence-corrected chi connectivity index (χ4v) is 6.50. The number of esters is 1. The summed E-state index contributed by atoms with van der Waals surface area (Å²) in [6.45, 7) is 9.70. The number of carbonyl (C=O) groups excluding carboxylic acids is 1. The van der Waals surface area contributed by atoms with Crippen LogP contribution in [0.2, 0.25) is 0 Å². The third-order valence-electron chi connectivity index (χ3n) is 7.07. The monoisotopic (exact) mass is 610 g/mol. The molecular weight excluding hydrogens is 571 g/mol. The zero-order valence-electron chi connectivity index (χ0n) is 25.3. The lowest BCUT2D eigenvalue weighted by Crippen LogP contribution is -2.37. The molecule has 1 aliphatic heterocycles. The number of carbonyl (C=O) groups is 1. The summed E-state index contributed by atoms with van der Waals surface area (Å²) in [6.07, 6.45) is 3.03. The summed E-state index contributed by atoms with van der Waals surface area (Å²) in [6, 6.07) is 12.1. The molecule has 0 amide bonds. The highest BCUT2D eigenvalue weighted by Gasteiger charge is 2.39. The molecule has 2 N–H and O–H groups in total. The van der Waals surface area contributed by atoms with Gasteiger partial charge >= 0.3 is 13.7 Å². The van der Waals surface area contributed by atoms with Crippen molar-refractivity contribution >= 4 is 41.5 Å². The van der Waals surface area contributed by atoms with Crippen LogP contribution in [0.15, 0.2) is 55.1 Å². The van der Waals surface area contributed by atoms with Crippen LogP contribution in [-0.2, 0) is 23.4 Å². The van der Waals surface area contributed by atoms with Crippen LogP contribution in [0.4, 0.5) is 5.82 Å². The molecule has 1 aliphatic rings. The number of benzene rings is 2. The van der Waals surface area contributed by atoms with Crippen molar-refractivity contribution in [3.8, 4) is 5.75 Å². The van der Waals surface area contributed by atoms with Gasteiger partial charge in [0.05, 0.1) is 25.6 Å². The molecule has 1 fully saturated rings. The number of hydrogen-bond acceptors (Lipinski definition) is 10. The Balaban J connectivity index is 1.34. The third-order valence-corrected chi connectivity index (χ3v) is 8.70. The second-order valence-electron chi connectivity index (χ2n) is 12.0. The number of anilines is 1. The van der Waals surface area contributed by atoms with Gasteiger partial charge in [-0.15, -0.1) is 0 Å². The summed E-state index contributed by atoms with van der Waals surface area (Å²) in [7, 11) is -2.32. The number of imidazole rings is 1. The highest BCUT2D eigenvalue weighted by Crippen LogP contribution is 2.48. The zero-order chi connectivity index (χ0) is 30.8. The van der Waals surface area contributed by atoms with E-state index in [9.17, 15) is 9.36 Å². The lowest BCUT2D eigenvalue weighted by Gasteiger charge is -2.25. The molecule has 5 rings (SSSR count). The van der Waals surface area contributed by atoms with E-state index in [4.69, 9.17) is 18.5 Å². The first-order chi connectivity index (χ1) is 20.5. The van der Waals surface area contributed by atoms with Gasteiger partial charge in [-0.25, -0.2) is 19.5 Å². The van der Waals surface area contributed by atoms with E-state index in [0.717, 1.165) is 10.8 Å². The molecule has 2 aromatic heterocycles. The quantitative estimate of drug-likeness (QED) is 0.159. The van der Waals surface area contributed by atoms with Crippen LogP contribution in [0.1, 0.15) is 47.3 Å². The van der Waals surface area contributed by atoms with Crippen LogP contribution in [-0.4, -0.2) is 57.9 Å². The molecule has 1 saturated heterocycles. The molecule has 0 saturated carbocycles. The molecule has 230 valence electrons. The molecule has 0 bridgehead atoms. The van der Waals surface area contributed by atoms with E-state index < -0.39 is 25.9 Å². The summed E-state index contributed by atoms with van der Waals surface area (Å²) in [4.78, 5) is 25.9. The molecule has 13 heteroatoms. The predicted molar refractivity (Wildman–Crippen MR) is 164 cm³/mol. The van der Waals surface area contributed by atoms with E-state index in [2.05, 4.69) is 32.3 Å². The minimum atomic E-state index is -4.10. The van der Waals surface area contributed by atoms with Gasteiger partial charge in [0, 0.05) is 18.4 Å². The van der Waals surface area contributed by atoms with Crippen molar-refractivity contribution in [1.29, 1.82) is 0 Å². The maximum absolute atomic E-state index is 14.3. The lowest BCUT2D eigenvalue weighted by molar-refractivity contribution is -0.148. The zero-order valence-corrected chi connectivity index (χ0v) is 26.2. The Hall–Kier alpha value is -3.57. The van der Waals surface area contributed by atoms with E-state index in [1.807, 2.05) is 61.7 Å². The number of rotatable bonds is 11. The minimum absolute atomic E-state index is 0.0387. The van der Waals surface area contributed by atoms with E-state index >= 15 is 0 Å². The van der Waals surface area contributed by atoms with E-state index in [-0.39, 0.29) is 30.8 Å². The van der Waals surface area contributed by atoms with Crippen LogP contribution in [0, 0.1) is 11.3 Å². The van der Waals surface area contributed by atoms with Crippen molar-refractivity contribution in [2.75, 3.05) is 25.6 Å². The average Bonchev–Trinajstić information content (AvgIpc) is 3.57. The second kappa shape index (κ2) is 12.6. The van der Waals surface area contributed by atoms with E-state index in [1.165, 1.54) is 6.33 Å². The van der Waals surface area contributed by atoms with Crippen molar-refractivity contribution < 1.29 is 27.9 Å². The second-order valence-corrected chi connectivity index (χ2v) is 13.7. The molecule has 0 aliphatic carbocycles. The SMILES string of the molecule is CNc1ncnc2c1ncn2[C@@H]1O[C@H](CO[P@](=O)(N[C@H](C)C(=O)OCC(C)(C)C)Oc2cccc3ccccc23)C[C@@H]1C. The fraction of sp³-hybridized carbons (Fsp3) is 0.467. The molecule has 0 unspecified atom stereocenters. The van der Waals surface area contributed by atoms with Gasteiger partial charge in [0.1, 0.15) is 29.9 Å². The number of hydrogen-bond donors (Lipinski definition) is 2. The smallest absolute Gasteiger partial charge is 0.459 e. The maximum atomic E-state index is 14.3. The first-order valence-electron chi connectivity index (χ1n) is 14.3. The molecule has 0 radical (unpaired) electrons. The Morgan fingerprint density at radius 3 is 2.70 bits per heavy atom. The number of nitrogens with zero attached hydrogens (tertiary/aromatic N) is 4. The van der Waals surface area contributed by atoms with Crippen LogP contribution in [0.25, 0.3) is 21.9 Å². The van der Waals surface area contributed by atoms with Crippen molar-refractivity contribution in [1.82, 2.24) is 24.6 Å². The highest BCUT2D eigenvalue weighted by molar-refractivity contribution is 7.52. The molecule has 0 spiro atoms. The van der Waals surface area contributed by atoms with Crippen molar-refractivity contribution in [3.63, 3.8) is 0 Å². The van der Waals surface area contributed by atoms with Crippen molar-refractivity contribution in [2.24, 2.45) is 11.3 Å². The van der Waals surface area contributed by atoms with Gasteiger partial charge in [0.15, 0.2) is 11.5 Å². The standard InChI is InChI=1S/C30H39N6O6P/c1-19-14-22(41-28(19)36-18-34-25-26(31-6)32-17-33-27(25)36)15-40-43(38,35-20(2)29(37)39-16-30(3,4)5)42-24-13-9-11-21-10-7-8-12-23(21)24/h7-13,17-20,22,28H,14-16H2,1-6H3,(H,35,38)(H,31,32,33)/t19-,20+,22-,28+,43+/m0/s1. The summed E-state index contributed by atoms with van der Waals surface area (Å²) in [5, 5.41) is 7.50. The molecule has 3 heterocycles. The maximum Gasteiger partial charge on any atom is 0.459 e. The first-order valence-corrected chi connectivity index (χ1v) is 15.9. The Bertz CT molecular complexity index is 1630. The Labute approximate surface area is 251 Å². The normalized spacial score (nSPS) is 21.0. The van der Waals surface area contributed by atoms with E-state index in [0.29, 0.717) is 29.2 Å². The lowest BCUT2D eigenvalue weighted by atomic mass is 9.99. The fourth-order valence-electron chi connectivity index (χ4n) is 4.96. The topological polar surface area (TPSA) is 139 Å². The van der Waals surface area contributed by atoms with Gasteiger partial charge in [-0.3, -0.25) is 13.9 Å². The van der Waals surface area contributed by atoms with E-state index in [1.54, 1.807) is 26.4 Å². The molecule has 5 atom stereocenters. The number of nitrogens with one attached hydrogen (secondary N) is 2. The summed E-state index contributed by atoms with van der Waals surface area (Å²) in [5.74, 6) is 0.521. The van der Waals surface area contributed by atoms with Gasteiger partial charge in [-0.1, -0.05) is 64.1 Å². The molecule has 43 heavy (non-hydrogen) atoms. The number of aromatic nitrogens is 4. The van der Waals surface area contributed by atoms with Gasteiger partial charge in [0.25, 0.3) is 0 Å². The predicted octanol–water partition coefficient (Wildman–Crippen LogP) is 5.72. The highest BCUT2D eigenvalue weighted by atomic mass is 31.2. The van der Waals surface area contributed by atoms with Crippen molar-refractivity contribution in [2.45, 2.75) is 59.4 Å². The van der Waals surface area contributed by atoms with Crippen molar-refractivity contribution in [3.05, 3.63) is 55.1 Å². The minimum Gasteiger partial charge on any atom is -0.464 e. The van der Waals surface area contributed by atoms with Crippen LogP contribution in [0.5, 0.6) is 5.75 Å². The Morgan fingerprint density at radius 1 is 1.16 bits per heavy atom. The van der Waals surface area contributed by atoms with Gasteiger partial charge in [-0.05, 0) is 30.2 Å². The average molecular weight is 611 g/mol. The Morgan fingerprint density at radius 2 is 1.93 bits per heavy atom. The molecule has 2 aromatic carbocycles. The molecule has 12 nitrogen and oxygen atoms in total. The van der Waals surface area contributed by atoms with Gasteiger partial charge in [0.2, 0.25) is 0 Å². The van der Waals surface area contributed by atoms with Crippen LogP contribution < -0.4 is 14.9 Å². The van der Waals surface area contributed by atoms with Crippen LogP contribution in [0.3, 0.4) is 0 Å². The Kier molecular flexibility index (Phi) is 9.03.